The van der Waals surface area contributed by atoms with E-state index in [1.54, 1.807) is 0 Å². The highest BCUT2D eigenvalue weighted by molar-refractivity contribution is 7.99. The average molecular weight is 809 g/mol. The van der Waals surface area contributed by atoms with Crippen LogP contribution in [-0.2, 0) is 0 Å². The highest BCUT2D eigenvalue weighted by atomic mass is 32.2. The molecule has 0 bridgehead atoms. The van der Waals surface area contributed by atoms with Crippen LogP contribution in [0.25, 0.3) is 88.0 Å². The van der Waals surface area contributed by atoms with Gasteiger partial charge in [-0.1, -0.05) is 127 Å². The number of hydrogen-bond acceptors (Lipinski definition) is 3. The minimum Gasteiger partial charge on any atom is -0.309 e. The summed E-state index contributed by atoms with van der Waals surface area (Å²) in [6, 6.07) is 75.4. The van der Waals surface area contributed by atoms with Crippen molar-refractivity contribution >= 4 is 83.2 Å². The Morgan fingerprint density at radius 2 is 0.952 bits per heavy atom. The molecule has 5 heteroatoms. The second-order valence-electron chi connectivity index (χ2n) is 16.0. The van der Waals surface area contributed by atoms with E-state index in [-0.39, 0.29) is 0 Å². The molecule has 0 saturated heterocycles. The molecule has 290 valence electrons. The van der Waals surface area contributed by atoms with Crippen LogP contribution in [-0.4, -0.2) is 14.1 Å². The first-order valence-electron chi connectivity index (χ1n) is 21.0. The lowest BCUT2D eigenvalue weighted by molar-refractivity contribution is 1.17. The van der Waals surface area contributed by atoms with Crippen molar-refractivity contribution in [3.63, 3.8) is 0 Å². The SMILES string of the molecule is c1ccc(N2c3ccc(-c4cccnc4)cc3Sc3cc(-c4ccc5c(c4)c4ccccc4n5-c4ccc5c(ccc6c7ccccc7n(-c7ccccc7)c56)c4)ccc32)cc1. The van der Waals surface area contributed by atoms with Gasteiger partial charge in [0, 0.05) is 71.7 Å². The molecule has 0 aliphatic carbocycles. The first-order valence-corrected chi connectivity index (χ1v) is 21.8. The van der Waals surface area contributed by atoms with E-state index in [0.29, 0.717) is 0 Å². The van der Waals surface area contributed by atoms with E-state index < -0.39 is 0 Å². The molecule has 1 aliphatic rings. The van der Waals surface area contributed by atoms with Gasteiger partial charge in [-0.2, -0.15) is 0 Å². The van der Waals surface area contributed by atoms with Gasteiger partial charge >= 0.3 is 0 Å². The van der Waals surface area contributed by atoms with E-state index in [9.17, 15) is 0 Å². The van der Waals surface area contributed by atoms with Gasteiger partial charge in [-0.3, -0.25) is 4.98 Å². The molecule has 0 unspecified atom stereocenters. The summed E-state index contributed by atoms with van der Waals surface area (Å²) in [5, 5.41) is 7.45. The molecule has 0 spiro atoms. The second kappa shape index (κ2) is 13.8. The molecular formula is C57H36N4S. The summed E-state index contributed by atoms with van der Waals surface area (Å²) in [5.41, 5.74) is 15.3. The van der Waals surface area contributed by atoms with Crippen LogP contribution in [0.2, 0.25) is 0 Å². The van der Waals surface area contributed by atoms with Gasteiger partial charge in [-0.25, -0.2) is 0 Å². The van der Waals surface area contributed by atoms with Crippen LogP contribution in [0.1, 0.15) is 0 Å². The summed E-state index contributed by atoms with van der Waals surface area (Å²) in [4.78, 5) is 9.23. The van der Waals surface area contributed by atoms with E-state index >= 15 is 0 Å². The maximum Gasteiger partial charge on any atom is 0.0619 e. The van der Waals surface area contributed by atoms with Gasteiger partial charge in [-0.05, 0) is 113 Å². The fourth-order valence-electron chi connectivity index (χ4n) is 9.75. The molecule has 12 aromatic rings. The number of fused-ring (bicyclic) bond motifs is 10. The van der Waals surface area contributed by atoms with Crippen molar-refractivity contribution in [2.24, 2.45) is 0 Å². The number of benzene rings is 9. The first-order chi connectivity index (χ1) is 30.7. The molecule has 0 N–H and O–H groups in total. The molecule has 9 aromatic carbocycles. The predicted molar refractivity (Wildman–Crippen MR) is 260 cm³/mol. The lowest BCUT2D eigenvalue weighted by Crippen LogP contribution is -2.14. The van der Waals surface area contributed by atoms with Crippen molar-refractivity contribution in [2.45, 2.75) is 9.79 Å². The molecule has 13 rings (SSSR count). The van der Waals surface area contributed by atoms with Crippen LogP contribution in [0.4, 0.5) is 17.1 Å². The number of anilines is 3. The maximum absolute atomic E-state index is 4.40. The number of hydrogen-bond donors (Lipinski definition) is 0. The largest absolute Gasteiger partial charge is 0.309 e. The number of pyridine rings is 1. The predicted octanol–water partition coefficient (Wildman–Crippen LogP) is 15.7. The first kappa shape index (κ1) is 34.9. The van der Waals surface area contributed by atoms with Gasteiger partial charge < -0.3 is 14.0 Å². The van der Waals surface area contributed by atoms with Gasteiger partial charge in [0.2, 0.25) is 0 Å². The molecule has 0 fully saturated rings. The van der Waals surface area contributed by atoms with Crippen LogP contribution in [0, 0.1) is 0 Å². The monoisotopic (exact) mass is 808 g/mol. The molecule has 3 aromatic heterocycles. The molecule has 1 aliphatic heterocycles. The molecule has 4 nitrogen and oxygen atoms in total. The van der Waals surface area contributed by atoms with Crippen molar-refractivity contribution < 1.29 is 0 Å². The standard InChI is InChI=1S/C57H36N4S/c1-3-13-42(14-4-1)59-53-29-23-38(34-55(53)62-56-35-39(24-30-54(56)59)41-12-11-31-58-36-41)37-22-28-52-49(33-37)47-18-8-9-19-50(47)60(52)44-25-27-45-40(32-44)21-26-48-46-17-7-10-20-51(46)61(57(45)48)43-15-5-2-6-16-43/h1-36H. The number of para-hydroxylation sites is 4. The third-order valence-electron chi connectivity index (χ3n) is 12.5. The van der Waals surface area contributed by atoms with Crippen LogP contribution in [0.15, 0.2) is 228 Å². The molecule has 0 atom stereocenters. The maximum atomic E-state index is 4.40. The Kier molecular flexibility index (Phi) is 7.81. The van der Waals surface area contributed by atoms with Crippen LogP contribution in [0.5, 0.6) is 0 Å². The average Bonchev–Trinajstić information content (AvgIpc) is 3.86. The van der Waals surface area contributed by atoms with Gasteiger partial charge in [0.15, 0.2) is 0 Å². The fourth-order valence-corrected chi connectivity index (χ4v) is 10.9. The van der Waals surface area contributed by atoms with Crippen LogP contribution >= 0.6 is 11.8 Å². The van der Waals surface area contributed by atoms with Crippen LogP contribution < -0.4 is 4.90 Å². The molecule has 0 amide bonds. The topological polar surface area (TPSA) is 26.0 Å². The zero-order valence-corrected chi connectivity index (χ0v) is 34.3. The van der Waals surface area contributed by atoms with E-state index in [1.165, 1.54) is 92.4 Å². The third kappa shape index (κ3) is 5.38. The van der Waals surface area contributed by atoms with Gasteiger partial charge in [0.25, 0.3) is 0 Å². The molecule has 0 saturated carbocycles. The zero-order valence-electron chi connectivity index (χ0n) is 33.5. The van der Waals surface area contributed by atoms with Crippen LogP contribution in [0.3, 0.4) is 0 Å². The third-order valence-corrected chi connectivity index (χ3v) is 13.6. The van der Waals surface area contributed by atoms with E-state index in [4.69, 9.17) is 0 Å². The Morgan fingerprint density at radius 3 is 1.68 bits per heavy atom. The number of rotatable bonds is 5. The Hall–Kier alpha value is -7.86. The highest BCUT2D eigenvalue weighted by Gasteiger charge is 2.26. The number of nitrogens with zero attached hydrogens (tertiary/aromatic N) is 4. The number of aromatic nitrogens is 3. The van der Waals surface area contributed by atoms with E-state index in [1.807, 2.05) is 30.2 Å². The van der Waals surface area contributed by atoms with Crippen molar-refractivity contribution in [3.05, 3.63) is 219 Å². The van der Waals surface area contributed by atoms with E-state index in [0.717, 1.165) is 22.5 Å². The molecular weight excluding hydrogens is 773 g/mol. The van der Waals surface area contributed by atoms with Gasteiger partial charge in [0.05, 0.1) is 33.4 Å². The second-order valence-corrected chi connectivity index (χ2v) is 17.1. The normalized spacial score (nSPS) is 12.4. The fraction of sp³-hybridized carbons (Fsp3) is 0. The summed E-state index contributed by atoms with van der Waals surface area (Å²) in [6.45, 7) is 0. The van der Waals surface area contributed by atoms with E-state index in [2.05, 4.69) is 219 Å². The van der Waals surface area contributed by atoms with Crippen molar-refractivity contribution in [3.8, 4) is 33.6 Å². The Balaban J connectivity index is 0.936. The molecule has 62 heavy (non-hydrogen) atoms. The minimum atomic E-state index is 1.11. The zero-order chi connectivity index (χ0) is 40.7. The minimum absolute atomic E-state index is 1.11. The lowest BCUT2D eigenvalue weighted by Gasteiger charge is -2.33. The Bertz CT molecular complexity index is 3720. The summed E-state index contributed by atoms with van der Waals surface area (Å²) < 4.78 is 4.85. The molecule has 4 heterocycles. The van der Waals surface area contributed by atoms with Crippen molar-refractivity contribution in [1.29, 1.82) is 0 Å². The quantitative estimate of drug-likeness (QED) is 0.173. The summed E-state index contributed by atoms with van der Waals surface area (Å²) in [7, 11) is 0. The van der Waals surface area contributed by atoms with Gasteiger partial charge in [0.1, 0.15) is 0 Å². The van der Waals surface area contributed by atoms with Crippen molar-refractivity contribution in [2.75, 3.05) is 4.90 Å². The summed E-state index contributed by atoms with van der Waals surface area (Å²) in [6.07, 6.45) is 3.76. The molecule has 0 radical (unpaired) electrons. The summed E-state index contributed by atoms with van der Waals surface area (Å²) in [5.74, 6) is 0. The van der Waals surface area contributed by atoms with Gasteiger partial charge in [-0.15, -0.1) is 0 Å². The summed E-state index contributed by atoms with van der Waals surface area (Å²) >= 11 is 1.84. The Labute approximate surface area is 362 Å². The Morgan fingerprint density at radius 1 is 0.355 bits per heavy atom. The van der Waals surface area contributed by atoms with Crippen molar-refractivity contribution in [1.82, 2.24) is 14.1 Å². The lowest BCUT2D eigenvalue weighted by atomic mass is 10.0. The highest BCUT2D eigenvalue weighted by Crippen LogP contribution is 2.53. The smallest absolute Gasteiger partial charge is 0.0619 e.